The van der Waals surface area contributed by atoms with Crippen LogP contribution in [0.4, 0.5) is 0 Å². The first-order chi connectivity index (χ1) is 5.87. The molecule has 2 rings (SSSR count). The van der Waals surface area contributed by atoms with Crippen molar-refractivity contribution in [2.45, 2.75) is 6.23 Å². The molecular formula is C6H11NO5. The number of rotatable bonds is 3. The van der Waals surface area contributed by atoms with E-state index < -0.39 is 0 Å². The van der Waals surface area contributed by atoms with Crippen LogP contribution in [0.3, 0.4) is 0 Å². The van der Waals surface area contributed by atoms with E-state index in [9.17, 15) is 5.26 Å². The third-order valence-corrected chi connectivity index (χ3v) is 2.54. The van der Waals surface area contributed by atoms with Crippen molar-refractivity contribution in [3.63, 3.8) is 0 Å². The van der Waals surface area contributed by atoms with Gasteiger partial charge in [-0.25, -0.2) is 0 Å². The lowest BCUT2D eigenvalue weighted by Crippen LogP contribution is -2.41. The van der Waals surface area contributed by atoms with E-state index in [-0.39, 0.29) is 6.23 Å². The summed E-state index contributed by atoms with van der Waals surface area (Å²) in [5.74, 6) is 0. The van der Waals surface area contributed by atoms with Gasteiger partial charge in [0.25, 0.3) is 6.23 Å². The van der Waals surface area contributed by atoms with E-state index in [0.717, 1.165) is 37.3 Å². The van der Waals surface area contributed by atoms with Crippen LogP contribution in [0.1, 0.15) is 0 Å². The first-order valence-corrected chi connectivity index (χ1v) is 3.93. The predicted octanol–water partition coefficient (Wildman–Crippen LogP) is -1.67. The van der Waals surface area contributed by atoms with E-state index in [1.54, 1.807) is 0 Å². The molecule has 2 aliphatic rings. The number of quaternary nitrogens is 1. The maximum absolute atomic E-state index is 9.45. The SMILES string of the molecule is [O-]OOOC1C[N+]12CCOCC2. The Morgan fingerprint density at radius 2 is 2.08 bits per heavy atom. The molecule has 2 aliphatic heterocycles. The highest BCUT2D eigenvalue weighted by Crippen LogP contribution is 2.32. The van der Waals surface area contributed by atoms with Gasteiger partial charge >= 0.3 is 0 Å². The first kappa shape index (κ1) is 8.36. The van der Waals surface area contributed by atoms with Gasteiger partial charge in [0.05, 0.1) is 13.2 Å². The molecule has 6 nitrogen and oxygen atoms in total. The highest BCUT2D eigenvalue weighted by molar-refractivity contribution is 4.66. The van der Waals surface area contributed by atoms with Gasteiger partial charge in [-0.3, -0.25) is 9.52 Å². The summed E-state index contributed by atoms with van der Waals surface area (Å²) in [6.07, 6.45) is -0.0390. The van der Waals surface area contributed by atoms with Gasteiger partial charge in [-0.15, -0.1) is 4.89 Å². The van der Waals surface area contributed by atoms with Crippen LogP contribution < -0.4 is 5.26 Å². The number of hydrogen-bond acceptors (Lipinski definition) is 5. The fourth-order valence-corrected chi connectivity index (χ4v) is 1.62. The molecule has 0 amide bonds. The summed E-state index contributed by atoms with van der Waals surface area (Å²) in [4.78, 5) is 4.68. The Labute approximate surface area is 69.6 Å². The van der Waals surface area contributed by atoms with E-state index in [0.29, 0.717) is 0 Å². The maximum Gasteiger partial charge on any atom is 0.276 e. The second-order valence-electron chi connectivity index (χ2n) is 3.15. The van der Waals surface area contributed by atoms with Gasteiger partial charge in [0.1, 0.15) is 13.1 Å². The molecule has 1 unspecified atom stereocenters. The highest BCUT2D eigenvalue weighted by Gasteiger charge is 2.58. The zero-order chi connectivity index (χ0) is 8.44. The van der Waals surface area contributed by atoms with Crippen LogP contribution in [0.15, 0.2) is 0 Å². The zero-order valence-electron chi connectivity index (χ0n) is 6.60. The number of nitrogens with zero attached hydrogens (tertiary/aromatic N) is 1. The molecule has 1 spiro atoms. The summed E-state index contributed by atoms with van der Waals surface area (Å²) in [5, 5.41) is 16.4. The Kier molecular flexibility index (Phi) is 2.26. The van der Waals surface area contributed by atoms with E-state index in [1.165, 1.54) is 0 Å². The Hall–Kier alpha value is -0.240. The summed E-state index contributed by atoms with van der Waals surface area (Å²) < 4.78 is 6.03. The molecule has 0 aromatic rings. The number of morpholine rings is 1. The van der Waals surface area contributed by atoms with Gasteiger partial charge in [-0.05, 0) is 0 Å². The lowest BCUT2D eigenvalue weighted by Gasteiger charge is -2.24. The molecule has 0 aliphatic carbocycles. The highest BCUT2D eigenvalue weighted by atomic mass is 17.6. The fraction of sp³-hybridized carbons (Fsp3) is 1.00. The Bertz CT molecular complexity index is 156. The summed E-state index contributed by atoms with van der Waals surface area (Å²) >= 11 is 0. The van der Waals surface area contributed by atoms with Crippen LogP contribution in [-0.4, -0.2) is 43.6 Å². The van der Waals surface area contributed by atoms with Crippen LogP contribution in [0.5, 0.6) is 0 Å². The van der Waals surface area contributed by atoms with Crippen molar-refractivity contribution in [3.8, 4) is 0 Å². The summed E-state index contributed by atoms with van der Waals surface area (Å²) in [6, 6.07) is 0. The Morgan fingerprint density at radius 3 is 2.75 bits per heavy atom. The average Bonchev–Trinajstić information content (AvgIpc) is 2.77. The van der Waals surface area contributed by atoms with Gasteiger partial charge < -0.3 is 9.99 Å². The molecule has 0 radical (unpaired) electrons. The molecule has 6 heteroatoms. The van der Waals surface area contributed by atoms with Crippen LogP contribution in [-0.2, 0) is 19.7 Å². The molecule has 12 heavy (non-hydrogen) atoms. The molecule has 2 fully saturated rings. The second kappa shape index (κ2) is 3.25. The lowest BCUT2D eigenvalue weighted by atomic mass is 10.5. The van der Waals surface area contributed by atoms with Crippen LogP contribution in [0.25, 0.3) is 0 Å². The van der Waals surface area contributed by atoms with Gasteiger partial charge in [-0.2, -0.15) is 0 Å². The van der Waals surface area contributed by atoms with Crippen molar-refractivity contribution >= 4 is 0 Å². The largest absolute Gasteiger partial charge is 0.690 e. The monoisotopic (exact) mass is 177 g/mol. The van der Waals surface area contributed by atoms with Crippen molar-refractivity contribution in [1.29, 1.82) is 0 Å². The van der Waals surface area contributed by atoms with Crippen molar-refractivity contribution in [2.75, 3.05) is 32.8 Å². The van der Waals surface area contributed by atoms with E-state index in [2.05, 4.69) is 15.0 Å². The Morgan fingerprint density at radius 1 is 1.33 bits per heavy atom. The van der Waals surface area contributed by atoms with E-state index >= 15 is 0 Å². The average molecular weight is 177 g/mol. The molecule has 0 saturated carbocycles. The van der Waals surface area contributed by atoms with Crippen molar-refractivity contribution in [3.05, 3.63) is 0 Å². The van der Waals surface area contributed by atoms with E-state index in [1.807, 2.05) is 0 Å². The number of hydrogen-bond donors (Lipinski definition) is 0. The van der Waals surface area contributed by atoms with E-state index in [4.69, 9.17) is 4.74 Å². The molecule has 2 saturated heterocycles. The molecule has 70 valence electrons. The fourth-order valence-electron chi connectivity index (χ4n) is 1.62. The van der Waals surface area contributed by atoms with Crippen LogP contribution >= 0.6 is 0 Å². The summed E-state index contributed by atoms with van der Waals surface area (Å²) in [5.41, 5.74) is 0. The quantitative estimate of drug-likeness (QED) is 0.223. The third kappa shape index (κ3) is 1.45. The standard InChI is InChI=1S/C6H11NO5/c8-11-12-10-6-5-7(6)1-3-9-4-2-7/h6H,1-5H2. The predicted molar refractivity (Wildman–Crippen MR) is 32.7 cm³/mol. The Balaban J connectivity index is 1.75. The number of ether oxygens (including phenoxy) is 1. The van der Waals surface area contributed by atoms with Gasteiger partial charge in [0.2, 0.25) is 0 Å². The third-order valence-electron chi connectivity index (χ3n) is 2.54. The van der Waals surface area contributed by atoms with Crippen molar-refractivity contribution in [1.82, 2.24) is 0 Å². The minimum absolute atomic E-state index is 0.0390. The molecule has 2 heterocycles. The minimum Gasteiger partial charge on any atom is -0.690 e. The second-order valence-corrected chi connectivity index (χ2v) is 3.15. The molecule has 0 aromatic carbocycles. The molecule has 1 atom stereocenters. The zero-order valence-corrected chi connectivity index (χ0v) is 6.60. The van der Waals surface area contributed by atoms with Crippen LogP contribution in [0.2, 0.25) is 0 Å². The van der Waals surface area contributed by atoms with Crippen molar-refractivity contribution < 1.29 is 29.4 Å². The molecular weight excluding hydrogens is 166 g/mol. The van der Waals surface area contributed by atoms with Gasteiger partial charge in [0, 0.05) is 0 Å². The summed E-state index contributed by atoms with van der Waals surface area (Å²) in [7, 11) is 0. The lowest BCUT2D eigenvalue weighted by molar-refractivity contribution is -0.891. The maximum atomic E-state index is 9.45. The normalized spacial score (nSPS) is 32.2. The molecule has 0 bridgehead atoms. The topological polar surface area (TPSA) is 60.0 Å². The molecule has 0 N–H and O–H groups in total. The van der Waals surface area contributed by atoms with Gasteiger partial charge in [0.15, 0.2) is 6.54 Å². The molecule has 0 aromatic heterocycles. The van der Waals surface area contributed by atoms with Gasteiger partial charge in [-0.1, -0.05) is 5.04 Å². The smallest absolute Gasteiger partial charge is 0.276 e. The first-order valence-electron chi connectivity index (χ1n) is 3.93. The van der Waals surface area contributed by atoms with Crippen LogP contribution in [0, 0.1) is 0 Å². The minimum atomic E-state index is -0.0390. The summed E-state index contributed by atoms with van der Waals surface area (Å²) in [6.45, 7) is 4.22. The van der Waals surface area contributed by atoms with Crippen molar-refractivity contribution in [2.24, 2.45) is 0 Å².